The molecule has 0 aliphatic heterocycles. The lowest BCUT2D eigenvalue weighted by Crippen LogP contribution is -2.05. The SMILES string of the molecule is CC(=O)Nc1cccc(-c2cc(N)nc(N)c2)c1. The minimum Gasteiger partial charge on any atom is -0.384 e. The first-order chi connectivity index (χ1) is 8.54. The smallest absolute Gasteiger partial charge is 0.221 e. The number of rotatable bonds is 2. The van der Waals surface area contributed by atoms with Crippen molar-refractivity contribution in [1.82, 2.24) is 4.98 Å². The lowest BCUT2D eigenvalue weighted by Gasteiger charge is -2.07. The molecule has 1 aromatic heterocycles. The summed E-state index contributed by atoms with van der Waals surface area (Å²) >= 11 is 0. The molecule has 0 unspecified atom stereocenters. The van der Waals surface area contributed by atoms with E-state index in [9.17, 15) is 4.79 Å². The second-order valence-electron chi connectivity index (χ2n) is 3.97. The first-order valence-electron chi connectivity index (χ1n) is 5.45. The number of nitrogen functional groups attached to an aromatic ring is 2. The van der Waals surface area contributed by atoms with Gasteiger partial charge in [-0.3, -0.25) is 4.79 Å². The van der Waals surface area contributed by atoms with Crippen molar-refractivity contribution >= 4 is 23.2 Å². The van der Waals surface area contributed by atoms with Gasteiger partial charge >= 0.3 is 0 Å². The van der Waals surface area contributed by atoms with Gasteiger partial charge in [0.2, 0.25) is 5.91 Å². The number of nitrogens with zero attached hydrogens (tertiary/aromatic N) is 1. The molecule has 0 saturated carbocycles. The van der Waals surface area contributed by atoms with Crippen molar-refractivity contribution in [2.75, 3.05) is 16.8 Å². The Kier molecular flexibility index (Phi) is 3.14. The van der Waals surface area contributed by atoms with Crippen molar-refractivity contribution in [3.63, 3.8) is 0 Å². The van der Waals surface area contributed by atoms with Crippen LogP contribution in [0.5, 0.6) is 0 Å². The highest BCUT2D eigenvalue weighted by atomic mass is 16.1. The van der Waals surface area contributed by atoms with Crippen LogP contribution in [0.15, 0.2) is 36.4 Å². The monoisotopic (exact) mass is 242 g/mol. The van der Waals surface area contributed by atoms with E-state index in [1.807, 2.05) is 24.3 Å². The summed E-state index contributed by atoms with van der Waals surface area (Å²) in [4.78, 5) is 14.9. The van der Waals surface area contributed by atoms with Gasteiger partial charge in [0.05, 0.1) is 0 Å². The standard InChI is InChI=1S/C13H14N4O/c1-8(18)16-11-4-2-3-9(5-11)10-6-12(14)17-13(15)7-10/h2-7H,1H3,(H,16,18)(H4,14,15,17). The van der Waals surface area contributed by atoms with Crippen LogP contribution in [-0.4, -0.2) is 10.9 Å². The maximum Gasteiger partial charge on any atom is 0.221 e. The highest BCUT2D eigenvalue weighted by molar-refractivity contribution is 5.89. The molecule has 5 heteroatoms. The van der Waals surface area contributed by atoms with Crippen LogP contribution in [0.25, 0.3) is 11.1 Å². The summed E-state index contributed by atoms with van der Waals surface area (Å²) in [5, 5.41) is 2.73. The number of pyridine rings is 1. The van der Waals surface area contributed by atoms with Gasteiger partial charge in [0.1, 0.15) is 11.6 Å². The average Bonchev–Trinajstić information content (AvgIpc) is 2.27. The summed E-state index contributed by atoms with van der Waals surface area (Å²) in [6.45, 7) is 1.47. The van der Waals surface area contributed by atoms with Crippen molar-refractivity contribution in [3.8, 4) is 11.1 Å². The van der Waals surface area contributed by atoms with Crippen LogP contribution in [0, 0.1) is 0 Å². The molecule has 0 radical (unpaired) electrons. The fourth-order valence-electron chi connectivity index (χ4n) is 1.72. The molecule has 0 aliphatic carbocycles. The van der Waals surface area contributed by atoms with E-state index in [0.717, 1.165) is 16.8 Å². The molecule has 18 heavy (non-hydrogen) atoms. The Labute approximate surface area is 105 Å². The fraction of sp³-hybridized carbons (Fsp3) is 0.0769. The number of amides is 1. The molecule has 1 heterocycles. The predicted octanol–water partition coefficient (Wildman–Crippen LogP) is 1.87. The number of carbonyl (C=O) groups excluding carboxylic acids is 1. The Hall–Kier alpha value is -2.56. The molecule has 1 amide bonds. The summed E-state index contributed by atoms with van der Waals surface area (Å²) in [7, 11) is 0. The molecule has 0 bridgehead atoms. The van der Waals surface area contributed by atoms with Gasteiger partial charge in [-0.2, -0.15) is 0 Å². The number of hydrogen-bond acceptors (Lipinski definition) is 4. The van der Waals surface area contributed by atoms with Crippen LogP contribution >= 0.6 is 0 Å². The third kappa shape index (κ3) is 2.76. The molecule has 0 atom stereocenters. The number of nitrogens with one attached hydrogen (secondary N) is 1. The maximum atomic E-state index is 11.0. The molecule has 0 saturated heterocycles. The van der Waals surface area contributed by atoms with Crippen LogP contribution < -0.4 is 16.8 Å². The van der Waals surface area contributed by atoms with E-state index < -0.39 is 0 Å². The number of carbonyl (C=O) groups is 1. The maximum absolute atomic E-state index is 11.0. The zero-order valence-corrected chi connectivity index (χ0v) is 9.97. The van der Waals surface area contributed by atoms with Gasteiger partial charge in [-0.05, 0) is 35.4 Å². The fourth-order valence-corrected chi connectivity index (χ4v) is 1.72. The lowest BCUT2D eigenvalue weighted by atomic mass is 10.1. The zero-order chi connectivity index (χ0) is 13.1. The molecule has 0 fully saturated rings. The number of aromatic nitrogens is 1. The number of hydrogen-bond donors (Lipinski definition) is 3. The summed E-state index contributed by atoms with van der Waals surface area (Å²) < 4.78 is 0. The summed E-state index contributed by atoms with van der Waals surface area (Å²) in [6, 6.07) is 10.9. The normalized spacial score (nSPS) is 10.1. The Bertz CT molecular complexity index is 575. The number of anilines is 3. The van der Waals surface area contributed by atoms with Gasteiger partial charge in [0.15, 0.2) is 0 Å². The molecular weight excluding hydrogens is 228 g/mol. The van der Waals surface area contributed by atoms with Gasteiger partial charge in [-0.15, -0.1) is 0 Å². The van der Waals surface area contributed by atoms with E-state index in [1.54, 1.807) is 12.1 Å². The number of benzene rings is 1. The Morgan fingerprint density at radius 1 is 1.11 bits per heavy atom. The van der Waals surface area contributed by atoms with Crippen LogP contribution in [0.4, 0.5) is 17.3 Å². The van der Waals surface area contributed by atoms with Gasteiger partial charge in [0.25, 0.3) is 0 Å². The van der Waals surface area contributed by atoms with Crippen LogP contribution in [0.3, 0.4) is 0 Å². The van der Waals surface area contributed by atoms with Crippen molar-refractivity contribution in [2.24, 2.45) is 0 Å². The Balaban J connectivity index is 2.41. The molecule has 1 aromatic carbocycles. The molecule has 5 nitrogen and oxygen atoms in total. The Morgan fingerprint density at radius 2 is 1.78 bits per heavy atom. The summed E-state index contributed by atoms with van der Waals surface area (Å²) in [6.07, 6.45) is 0. The highest BCUT2D eigenvalue weighted by Gasteiger charge is 2.03. The molecule has 5 N–H and O–H groups in total. The van der Waals surface area contributed by atoms with Crippen molar-refractivity contribution in [2.45, 2.75) is 6.92 Å². The van der Waals surface area contributed by atoms with E-state index in [4.69, 9.17) is 11.5 Å². The molecular formula is C13H14N4O. The van der Waals surface area contributed by atoms with Gasteiger partial charge < -0.3 is 16.8 Å². The lowest BCUT2D eigenvalue weighted by molar-refractivity contribution is -0.114. The quantitative estimate of drug-likeness (QED) is 0.749. The van der Waals surface area contributed by atoms with Crippen molar-refractivity contribution < 1.29 is 4.79 Å². The second-order valence-corrected chi connectivity index (χ2v) is 3.97. The van der Waals surface area contributed by atoms with Gasteiger partial charge in [0, 0.05) is 12.6 Å². The third-order valence-electron chi connectivity index (χ3n) is 2.38. The van der Waals surface area contributed by atoms with Crippen LogP contribution in [0.2, 0.25) is 0 Å². The molecule has 2 aromatic rings. The average molecular weight is 242 g/mol. The van der Waals surface area contributed by atoms with E-state index >= 15 is 0 Å². The molecule has 0 spiro atoms. The minimum atomic E-state index is -0.110. The Morgan fingerprint density at radius 3 is 2.39 bits per heavy atom. The summed E-state index contributed by atoms with van der Waals surface area (Å²) in [5.41, 5.74) is 13.8. The van der Waals surface area contributed by atoms with Crippen LogP contribution in [0.1, 0.15) is 6.92 Å². The predicted molar refractivity (Wildman–Crippen MR) is 72.8 cm³/mol. The van der Waals surface area contributed by atoms with Gasteiger partial charge in [-0.1, -0.05) is 12.1 Å². The molecule has 92 valence electrons. The zero-order valence-electron chi connectivity index (χ0n) is 9.97. The summed E-state index contributed by atoms with van der Waals surface area (Å²) in [5.74, 6) is 0.630. The van der Waals surface area contributed by atoms with E-state index in [2.05, 4.69) is 10.3 Å². The first kappa shape index (κ1) is 11.9. The number of nitrogens with two attached hydrogens (primary N) is 2. The molecule has 0 aliphatic rings. The van der Waals surface area contributed by atoms with Gasteiger partial charge in [-0.25, -0.2) is 4.98 Å². The minimum absolute atomic E-state index is 0.110. The topological polar surface area (TPSA) is 94.0 Å². The first-order valence-corrected chi connectivity index (χ1v) is 5.45. The second kappa shape index (κ2) is 4.75. The highest BCUT2D eigenvalue weighted by Crippen LogP contribution is 2.25. The third-order valence-corrected chi connectivity index (χ3v) is 2.38. The van der Waals surface area contributed by atoms with Crippen molar-refractivity contribution in [1.29, 1.82) is 0 Å². The van der Waals surface area contributed by atoms with E-state index in [1.165, 1.54) is 6.92 Å². The van der Waals surface area contributed by atoms with Crippen LogP contribution in [-0.2, 0) is 4.79 Å². The largest absolute Gasteiger partial charge is 0.384 e. The van der Waals surface area contributed by atoms with Crippen molar-refractivity contribution in [3.05, 3.63) is 36.4 Å². The molecule has 2 rings (SSSR count). The van der Waals surface area contributed by atoms with E-state index in [-0.39, 0.29) is 5.91 Å². The van der Waals surface area contributed by atoms with E-state index in [0.29, 0.717) is 11.6 Å².